The summed E-state index contributed by atoms with van der Waals surface area (Å²) in [5, 5.41) is 0. The Kier molecular flexibility index (Phi) is 3.22. The van der Waals surface area contributed by atoms with Crippen LogP contribution in [0.15, 0.2) is 22.7 Å². The summed E-state index contributed by atoms with van der Waals surface area (Å²) in [6, 6.07) is 5.22. The number of rotatable bonds is 1. The molecule has 3 heteroatoms. The van der Waals surface area contributed by atoms with Crippen LogP contribution in [0, 0.1) is 5.82 Å². The van der Waals surface area contributed by atoms with E-state index in [0.717, 1.165) is 29.3 Å². The average Bonchev–Trinajstić information content (AvgIpc) is 2.52. The van der Waals surface area contributed by atoms with Crippen molar-refractivity contribution in [3.63, 3.8) is 0 Å². The molecule has 0 bridgehead atoms. The van der Waals surface area contributed by atoms with E-state index >= 15 is 0 Å². The normalized spacial score (nSPS) is 30.8. The first kappa shape index (κ1) is 11.6. The van der Waals surface area contributed by atoms with E-state index in [1.165, 1.54) is 0 Å². The Hall–Kier alpha value is 0.110. The van der Waals surface area contributed by atoms with Crippen LogP contribution in [0.5, 0.6) is 0 Å². The van der Waals surface area contributed by atoms with Gasteiger partial charge in [0.1, 0.15) is 5.82 Å². The molecule has 1 aliphatic rings. The summed E-state index contributed by atoms with van der Waals surface area (Å²) in [5.74, 6) is -0.0812. The molecule has 2 rings (SSSR count). The molecule has 15 heavy (non-hydrogen) atoms. The van der Waals surface area contributed by atoms with E-state index < -0.39 is 0 Å². The maximum atomic E-state index is 13.8. The molecule has 2 unspecified atom stereocenters. The largest absolute Gasteiger partial charge is 0.207 e. The van der Waals surface area contributed by atoms with Crippen molar-refractivity contribution in [3.05, 3.63) is 34.1 Å². The van der Waals surface area contributed by atoms with Gasteiger partial charge in [-0.2, -0.15) is 0 Å². The summed E-state index contributed by atoms with van der Waals surface area (Å²) in [6.45, 7) is 2.15. The van der Waals surface area contributed by atoms with Gasteiger partial charge in [0.05, 0.1) is 0 Å². The summed E-state index contributed by atoms with van der Waals surface area (Å²) in [7, 11) is 0. The molecule has 0 nitrogen and oxygen atoms in total. The van der Waals surface area contributed by atoms with E-state index in [9.17, 15) is 4.39 Å². The van der Waals surface area contributed by atoms with Crippen LogP contribution in [0.4, 0.5) is 4.39 Å². The highest BCUT2D eigenvalue weighted by Crippen LogP contribution is 2.44. The van der Waals surface area contributed by atoms with Gasteiger partial charge in [-0.05, 0) is 48.4 Å². The van der Waals surface area contributed by atoms with E-state index in [-0.39, 0.29) is 11.2 Å². The highest BCUT2D eigenvalue weighted by Gasteiger charge is 2.37. The second-order valence-electron chi connectivity index (χ2n) is 4.52. The maximum Gasteiger partial charge on any atom is 0.127 e. The molecule has 0 amide bonds. The van der Waals surface area contributed by atoms with Crippen molar-refractivity contribution in [1.29, 1.82) is 0 Å². The van der Waals surface area contributed by atoms with Gasteiger partial charge in [0.25, 0.3) is 0 Å². The van der Waals surface area contributed by atoms with Crippen LogP contribution in [0.2, 0.25) is 0 Å². The number of alkyl halides is 1. The van der Waals surface area contributed by atoms with Gasteiger partial charge in [-0.3, -0.25) is 0 Å². The number of hydrogen-bond donors (Lipinski definition) is 0. The molecule has 1 fully saturated rings. The first-order valence-corrected chi connectivity index (χ1v) is 6.82. The Morgan fingerprint density at radius 1 is 1.47 bits per heavy atom. The van der Waals surface area contributed by atoms with Crippen LogP contribution in [-0.2, 0) is 5.41 Å². The minimum absolute atomic E-state index is 0.0119. The summed E-state index contributed by atoms with van der Waals surface area (Å²) in [4.78, 5) is 0.529. The maximum absolute atomic E-state index is 13.8. The highest BCUT2D eigenvalue weighted by atomic mass is 79.9. The molecule has 0 saturated heterocycles. The number of halogens is 3. The Bertz CT molecular complexity index is 378. The van der Waals surface area contributed by atoms with E-state index in [1.807, 2.05) is 6.07 Å². The van der Waals surface area contributed by atoms with E-state index in [1.54, 1.807) is 12.1 Å². The summed E-state index contributed by atoms with van der Waals surface area (Å²) in [6.07, 6.45) is 3.19. The lowest BCUT2D eigenvalue weighted by atomic mass is 9.81. The summed E-state index contributed by atoms with van der Waals surface area (Å²) in [5.41, 5.74) is 0.834. The third-order valence-corrected chi connectivity index (χ3v) is 4.53. The SMILES string of the molecule is CC1(c2cc(Br)ccc2F)CCC(Br)C1. The third-order valence-electron chi connectivity index (χ3n) is 3.26. The molecule has 0 aromatic heterocycles. The second kappa shape index (κ2) is 4.17. The quantitative estimate of drug-likeness (QED) is 0.647. The van der Waals surface area contributed by atoms with Gasteiger partial charge in [0.2, 0.25) is 0 Å². The summed E-state index contributed by atoms with van der Waals surface area (Å²) >= 11 is 7.02. The van der Waals surface area contributed by atoms with E-state index in [2.05, 4.69) is 38.8 Å². The predicted molar refractivity (Wildman–Crippen MR) is 68.0 cm³/mol. The van der Waals surface area contributed by atoms with Crippen LogP contribution in [0.25, 0.3) is 0 Å². The van der Waals surface area contributed by atoms with Crippen LogP contribution >= 0.6 is 31.9 Å². The Balaban J connectivity index is 2.40. The minimum atomic E-state index is -0.0812. The van der Waals surface area contributed by atoms with Gasteiger partial charge < -0.3 is 0 Å². The van der Waals surface area contributed by atoms with Crippen molar-refractivity contribution in [3.8, 4) is 0 Å². The van der Waals surface area contributed by atoms with Gasteiger partial charge in [0, 0.05) is 9.30 Å². The number of benzene rings is 1. The van der Waals surface area contributed by atoms with Crippen molar-refractivity contribution in [1.82, 2.24) is 0 Å². The summed E-state index contributed by atoms with van der Waals surface area (Å²) < 4.78 is 14.7. The Labute approximate surface area is 107 Å². The third kappa shape index (κ3) is 2.28. The predicted octanol–water partition coefficient (Wildman–Crippen LogP) is 4.79. The molecule has 1 saturated carbocycles. The topological polar surface area (TPSA) is 0 Å². The first-order chi connectivity index (χ1) is 7.01. The lowest BCUT2D eigenvalue weighted by molar-refractivity contribution is 0.458. The van der Waals surface area contributed by atoms with Gasteiger partial charge >= 0.3 is 0 Å². The molecule has 1 aromatic carbocycles. The molecule has 1 aromatic rings. The lowest BCUT2D eigenvalue weighted by Crippen LogP contribution is -2.19. The zero-order valence-corrected chi connectivity index (χ0v) is 11.7. The molecule has 0 radical (unpaired) electrons. The van der Waals surface area contributed by atoms with Gasteiger partial charge in [-0.25, -0.2) is 4.39 Å². The fourth-order valence-electron chi connectivity index (χ4n) is 2.37. The molecular weight excluding hydrogens is 323 g/mol. The molecule has 0 N–H and O–H groups in total. The molecule has 0 spiro atoms. The van der Waals surface area contributed by atoms with Crippen molar-refractivity contribution in [2.45, 2.75) is 36.4 Å². The van der Waals surface area contributed by atoms with Crippen molar-refractivity contribution < 1.29 is 4.39 Å². The van der Waals surface area contributed by atoms with Crippen LogP contribution in [0.3, 0.4) is 0 Å². The van der Waals surface area contributed by atoms with Gasteiger partial charge in [-0.15, -0.1) is 0 Å². The molecule has 2 atom stereocenters. The Morgan fingerprint density at radius 3 is 2.80 bits per heavy atom. The van der Waals surface area contributed by atoms with E-state index in [0.29, 0.717) is 4.83 Å². The zero-order valence-electron chi connectivity index (χ0n) is 8.56. The standard InChI is InChI=1S/C12H13Br2F/c1-12(5-4-9(14)7-12)10-6-8(13)2-3-11(10)15/h2-3,6,9H,4-5,7H2,1H3. The molecule has 0 heterocycles. The zero-order chi connectivity index (χ0) is 11.1. The fourth-order valence-corrected chi connectivity index (χ4v) is 3.68. The second-order valence-corrected chi connectivity index (χ2v) is 6.74. The van der Waals surface area contributed by atoms with Crippen LogP contribution < -0.4 is 0 Å². The van der Waals surface area contributed by atoms with Gasteiger partial charge in [0.15, 0.2) is 0 Å². The van der Waals surface area contributed by atoms with Crippen molar-refractivity contribution >= 4 is 31.9 Å². The van der Waals surface area contributed by atoms with Gasteiger partial charge in [-0.1, -0.05) is 38.8 Å². The first-order valence-electron chi connectivity index (χ1n) is 5.11. The smallest absolute Gasteiger partial charge is 0.127 e. The van der Waals surface area contributed by atoms with Crippen LogP contribution in [-0.4, -0.2) is 4.83 Å². The number of hydrogen-bond acceptors (Lipinski definition) is 0. The Morgan fingerprint density at radius 2 is 2.20 bits per heavy atom. The molecule has 0 aliphatic heterocycles. The average molecular weight is 336 g/mol. The minimum Gasteiger partial charge on any atom is -0.207 e. The lowest BCUT2D eigenvalue weighted by Gasteiger charge is -2.25. The van der Waals surface area contributed by atoms with Crippen molar-refractivity contribution in [2.24, 2.45) is 0 Å². The molecule has 1 aliphatic carbocycles. The fraction of sp³-hybridized carbons (Fsp3) is 0.500. The molecule has 82 valence electrons. The van der Waals surface area contributed by atoms with Crippen LogP contribution in [0.1, 0.15) is 31.7 Å². The monoisotopic (exact) mass is 334 g/mol. The highest BCUT2D eigenvalue weighted by molar-refractivity contribution is 9.10. The molecular formula is C12H13Br2F. The van der Waals surface area contributed by atoms with Crippen molar-refractivity contribution in [2.75, 3.05) is 0 Å². The van der Waals surface area contributed by atoms with E-state index in [4.69, 9.17) is 0 Å².